The van der Waals surface area contributed by atoms with Crippen molar-refractivity contribution in [2.45, 2.75) is 89.7 Å². The molecule has 0 aromatic heterocycles. The number of carbonyl (C=O) groups is 2. The molecule has 1 rings (SSSR count). The molecule has 0 bridgehead atoms. The van der Waals surface area contributed by atoms with Crippen LogP contribution in [0.5, 0.6) is 0 Å². The van der Waals surface area contributed by atoms with E-state index in [0.717, 1.165) is 24.8 Å². The number of carbonyl (C=O) groups excluding carboxylic acids is 2. The van der Waals surface area contributed by atoms with E-state index < -0.39 is 12.1 Å². The predicted molar refractivity (Wildman–Crippen MR) is 106 cm³/mol. The molecule has 7 heteroatoms. The van der Waals surface area contributed by atoms with Crippen LogP contribution in [0.3, 0.4) is 0 Å². The summed E-state index contributed by atoms with van der Waals surface area (Å²) < 4.78 is 4.56. The molecule has 0 saturated carbocycles. The van der Waals surface area contributed by atoms with Gasteiger partial charge in [0.15, 0.2) is 5.78 Å². The Kier molecular flexibility index (Phi) is 11.3. The van der Waals surface area contributed by atoms with E-state index in [1.54, 1.807) is 12.2 Å². The van der Waals surface area contributed by atoms with E-state index in [1.165, 1.54) is 7.11 Å². The van der Waals surface area contributed by atoms with Gasteiger partial charge in [0.2, 0.25) is 6.04 Å². The Bertz CT molecular complexity index is 596. The van der Waals surface area contributed by atoms with Crippen molar-refractivity contribution >= 4 is 11.8 Å². The predicted octanol–water partition coefficient (Wildman–Crippen LogP) is 3.91. The number of aliphatic hydroxyl groups excluding tert-OH is 1. The minimum atomic E-state index is -0.840. The standard InChI is InChI=1S/C21H33NO6/c1-3-4-5-9-18(23)13-11-16-12-14-20(24)19(16)15-17(22(26)27)8-6-7-10-21(25)28-2/h11,13,17-18,23H,3-10,12,14-15H2,1-2H3/b13-11+. The number of ketones is 1. The van der Waals surface area contributed by atoms with Gasteiger partial charge in [-0.25, -0.2) is 0 Å². The Hall–Kier alpha value is -2.02. The lowest BCUT2D eigenvalue weighted by atomic mass is 9.97. The smallest absolute Gasteiger partial charge is 0.305 e. The summed E-state index contributed by atoms with van der Waals surface area (Å²) >= 11 is 0. The number of esters is 1. The van der Waals surface area contributed by atoms with Crippen molar-refractivity contribution in [3.05, 3.63) is 33.4 Å². The highest BCUT2D eigenvalue weighted by atomic mass is 16.6. The summed E-state index contributed by atoms with van der Waals surface area (Å²) in [6.07, 6.45) is 9.35. The molecule has 0 spiro atoms. The van der Waals surface area contributed by atoms with Crippen molar-refractivity contribution in [3.8, 4) is 0 Å². The number of unbranched alkanes of at least 4 members (excludes halogenated alkanes) is 3. The highest BCUT2D eigenvalue weighted by Crippen LogP contribution is 2.29. The van der Waals surface area contributed by atoms with Crippen LogP contribution in [0.4, 0.5) is 0 Å². The molecule has 2 atom stereocenters. The first kappa shape index (κ1) is 24.0. The van der Waals surface area contributed by atoms with E-state index in [0.29, 0.717) is 44.1 Å². The first-order chi connectivity index (χ1) is 13.4. The second kappa shape index (κ2) is 13.2. The zero-order valence-corrected chi connectivity index (χ0v) is 17.0. The fourth-order valence-electron chi connectivity index (χ4n) is 3.35. The maximum Gasteiger partial charge on any atom is 0.305 e. The van der Waals surface area contributed by atoms with Gasteiger partial charge in [-0.1, -0.05) is 38.3 Å². The van der Waals surface area contributed by atoms with Crippen LogP contribution in [-0.4, -0.2) is 41.0 Å². The highest BCUT2D eigenvalue weighted by molar-refractivity contribution is 5.99. The maximum atomic E-state index is 12.2. The van der Waals surface area contributed by atoms with Crippen LogP contribution in [0, 0.1) is 10.1 Å². The van der Waals surface area contributed by atoms with Crippen LogP contribution in [0.2, 0.25) is 0 Å². The van der Waals surface area contributed by atoms with E-state index in [-0.39, 0.29) is 29.5 Å². The van der Waals surface area contributed by atoms with Crippen molar-refractivity contribution in [3.63, 3.8) is 0 Å². The molecule has 0 heterocycles. The van der Waals surface area contributed by atoms with Crippen molar-refractivity contribution in [1.29, 1.82) is 0 Å². The van der Waals surface area contributed by atoms with Crippen LogP contribution in [0.25, 0.3) is 0 Å². The molecule has 0 saturated heterocycles. The third-order valence-electron chi connectivity index (χ3n) is 5.10. The summed E-state index contributed by atoms with van der Waals surface area (Å²) in [5.41, 5.74) is 1.33. The molecule has 1 N–H and O–H groups in total. The minimum absolute atomic E-state index is 0.0402. The van der Waals surface area contributed by atoms with E-state index in [1.807, 2.05) is 0 Å². The number of Topliss-reactive ketones (excluding diaryl/α,β-unsaturated/α-hetero) is 1. The van der Waals surface area contributed by atoms with Crippen LogP contribution in [0.1, 0.15) is 77.6 Å². The number of nitrogens with zero attached hydrogens (tertiary/aromatic N) is 1. The third kappa shape index (κ3) is 8.78. The van der Waals surface area contributed by atoms with Gasteiger partial charge in [-0.2, -0.15) is 0 Å². The fraction of sp³-hybridized carbons (Fsp3) is 0.714. The minimum Gasteiger partial charge on any atom is -0.469 e. The second-order valence-corrected chi connectivity index (χ2v) is 7.31. The zero-order chi connectivity index (χ0) is 20.9. The zero-order valence-electron chi connectivity index (χ0n) is 17.0. The fourth-order valence-corrected chi connectivity index (χ4v) is 3.35. The number of methoxy groups -OCH3 is 1. The lowest BCUT2D eigenvalue weighted by Gasteiger charge is -2.11. The molecule has 0 fully saturated rings. The summed E-state index contributed by atoms with van der Waals surface area (Å²) in [5, 5.41) is 21.4. The number of hydrogen-bond acceptors (Lipinski definition) is 6. The number of rotatable bonds is 14. The van der Waals surface area contributed by atoms with Gasteiger partial charge in [0.05, 0.1) is 13.2 Å². The van der Waals surface area contributed by atoms with Gasteiger partial charge in [0.25, 0.3) is 0 Å². The normalized spacial score (nSPS) is 16.6. The average molecular weight is 395 g/mol. The Morgan fingerprint density at radius 1 is 1.25 bits per heavy atom. The number of hydrogen-bond donors (Lipinski definition) is 1. The Morgan fingerprint density at radius 2 is 1.96 bits per heavy atom. The molecule has 7 nitrogen and oxygen atoms in total. The highest BCUT2D eigenvalue weighted by Gasteiger charge is 2.29. The van der Waals surface area contributed by atoms with E-state index in [9.17, 15) is 24.8 Å². The van der Waals surface area contributed by atoms with Gasteiger partial charge in [0.1, 0.15) is 0 Å². The lowest BCUT2D eigenvalue weighted by Crippen LogP contribution is -2.21. The molecule has 0 aromatic carbocycles. The van der Waals surface area contributed by atoms with Crippen LogP contribution in [-0.2, 0) is 14.3 Å². The van der Waals surface area contributed by atoms with Gasteiger partial charge in [-0.15, -0.1) is 0 Å². The van der Waals surface area contributed by atoms with Gasteiger partial charge < -0.3 is 9.84 Å². The maximum absolute atomic E-state index is 12.2. The van der Waals surface area contributed by atoms with Crippen molar-refractivity contribution in [2.24, 2.45) is 0 Å². The molecule has 28 heavy (non-hydrogen) atoms. The molecular formula is C21H33NO6. The number of aliphatic hydroxyl groups is 1. The van der Waals surface area contributed by atoms with Crippen LogP contribution in [0.15, 0.2) is 23.3 Å². The van der Waals surface area contributed by atoms with E-state index >= 15 is 0 Å². The first-order valence-electron chi connectivity index (χ1n) is 10.2. The van der Waals surface area contributed by atoms with Gasteiger partial charge >= 0.3 is 5.97 Å². The van der Waals surface area contributed by atoms with Crippen molar-refractivity contribution in [2.75, 3.05) is 7.11 Å². The molecule has 0 radical (unpaired) electrons. The molecule has 2 unspecified atom stereocenters. The number of allylic oxidation sites excluding steroid dienone is 2. The first-order valence-corrected chi connectivity index (χ1v) is 10.2. The molecule has 1 aliphatic carbocycles. The summed E-state index contributed by atoms with van der Waals surface area (Å²) in [6.45, 7) is 2.10. The summed E-state index contributed by atoms with van der Waals surface area (Å²) in [7, 11) is 1.32. The molecule has 0 aliphatic heterocycles. The van der Waals surface area contributed by atoms with Crippen molar-refractivity contribution in [1.82, 2.24) is 0 Å². The molecular weight excluding hydrogens is 362 g/mol. The summed E-state index contributed by atoms with van der Waals surface area (Å²) in [6, 6.07) is -0.840. The van der Waals surface area contributed by atoms with Crippen molar-refractivity contribution < 1.29 is 24.4 Å². The largest absolute Gasteiger partial charge is 0.469 e. The topological polar surface area (TPSA) is 107 Å². The SMILES string of the molecule is CCCCCC(O)/C=C/C1=C(CC(CCCCC(=O)OC)[N+](=O)[O-])C(=O)CC1. The Morgan fingerprint density at radius 3 is 2.61 bits per heavy atom. The molecule has 1 aliphatic rings. The van der Waals surface area contributed by atoms with Crippen LogP contribution >= 0.6 is 0 Å². The number of nitro groups is 1. The summed E-state index contributed by atoms with van der Waals surface area (Å²) in [5.74, 6) is -0.363. The number of ether oxygens (including phenoxy) is 1. The van der Waals surface area contributed by atoms with Gasteiger partial charge in [0, 0.05) is 36.2 Å². The molecule has 0 aromatic rings. The Balaban J connectivity index is 2.67. The lowest BCUT2D eigenvalue weighted by molar-refractivity contribution is -0.522. The Labute approximate surface area is 167 Å². The molecule has 158 valence electrons. The monoisotopic (exact) mass is 395 g/mol. The summed E-state index contributed by atoms with van der Waals surface area (Å²) in [4.78, 5) is 34.4. The van der Waals surface area contributed by atoms with Gasteiger partial charge in [-0.05, 0) is 31.3 Å². The molecule has 0 amide bonds. The van der Waals surface area contributed by atoms with Gasteiger partial charge in [-0.3, -0.25) is 19.7 Å². The second-order valence-electron chi connectivity index (χ2n) is 7.31. The average Bonchev–Trinajstić information content (AvgIpc) is 3.01. The van der Waals surface area contributed by atoms with E-state index in [4.69, 9.17) is 0 Å². The van der Waals surface area contributed by atoms with E-state index in [2.05, 4.69) is 11.7 Å². The quantitative estimate of drug-likeness (QED) is 0.207. The van der Waals surface area contributed by atoms with Crippen LogP contribution < -0.4 is 0 Å². The third-order valence-corrected chi connectivity index (χ3v) is 5.10.